The van der Waals surface area contributed by atoms with E-state index >= 15 is 0 Å². The van der Waals surface area contributed by atoms with E-state index in [9.17, 15) is 22.8 Å². The van der Waals surface area contributed by atoms with Gasteiger partial charge in [-0.3, -0.25) is 9.59 Å². The molecule has 1 aliphatic heterocycles. The molecule has 0 bridgehead atoms. The Morgan fingerprint density at radius 3 is 2.75 bits per heavy atom. The Morgan fingerprint density at radius 1 is 1.42 bits per heavy atom. The van der Waals surface area contributed by atoms with Crippen molar-refractivity contribution in [2.45, 2.75) is 39.0 Å². The molecule has 2 heterocycles. The summed E-state index contributed by atoms with van der Waals surface area (Å²) in [7, 11) is 1.54. The largest absolute Gasteiger partial charge is 0.406 e. The van der Waals surface area contributed by atoms with E-state index in [1.54, 1.807) is 11.9 Å². The maximum atomic E-state index is 12.5. The molecule has 0 aliphatic carbocycles. The van der Waals surface area contributed by atoms with Crippen molar-refractivity contribution in [3.05, 3.63) is 18.2 Å². The Bertz CT molecular complexity index is 600. The van der Waals surface area contributed by atoms with E-state index in [0.29, 0.717) is 19.5 Å². The highest BCUT2D eigenvalue weighted by Gasteiger charge is 2.31. The Balaban J connectivity index is 1.99. The summed E-state index contributed by atoms with van der Waals surface area (Å²) in [6.45, 7) is 1.32. The van der Waals surface area contributed by atoms with Gasteiger partial charge in [0.25, 0.3) is 0 Å². The number of hydrogen-bond donors (Lipinski definition) is 0. The van der Waals surface area contributed by atoms with Crippen molar-refractivity contribution < 1.29 is 22.8 Å². The minimum Gasteiger partial charge on any atom is -0.342 e. The maximum absolute atomic E-state index is 12.5. The maximum Gasteiger partial charge on any atom is 0.406 e. The molecule has 0 spiro atoms. The van der Waals surface area contributed by atoms with Crippen molar-refractivity contribution in [1.29, 1.82) is 0 Å². The second-order valence-electron chi connectivity index (χ2n) is 6.09. The van der Waals surface area contributed by atoms with Crippen LogP contribution in [0.25, 0.3) is 0 Å². The lowest BCUT2D eigenvalue weighted by atomic mass is 9.96. The van der Waals surface area contributed by atoms with Crippen molar-refractivity contribution in [2.24, 2.45) is 5.92 Å². The molecule has 9 heteroatoms. The molecule has 1 atom stereocenters. The van der Waals surface area contributed by atoms with E-state index in [2.05, 4.69) is 4.98 Å². The summed E-state index contributed by atoms with van der Waals surface area (Å²) in [5, 5.41) is 0. The van der Waals surface area contributed by atoms with E-state index in [1.807, 2.05) is 0 Å². The number of halogens is 3. The fourth-order valence-electron chi connectivity index (χ4n) is 2.90. The summed E-state index contributed by atoms with van der Waals surface area (Å²) in [6, 6.07) is 0. The number of nitrogens with zero attached hydrogens (tertiary/aromatic N) is 4. The monoisotopic (exact) mass is 346 g/mol. The highest BCUT2D eigenvalue weighted by molar-refractivity contribution is 5.80. The van der Waals surface area contributed by atoms with Crippen molar-refractivity contribution in [3.63, 3.8) is 0 Å². The Kier molecular flexibility index (Phi) is 5.51. The molecule has 1 aromatic rings. The molecule has 6 nitrogen and oxygen atoms in total. The highest BCUT2D eigenvalue weighted by atomic mass is 19.4. The van der Waals surface area contributed by atoms with Gasteiger partial charge in [0.05, 0.1) is 12.5 Å². The van der Waals surface area contributed by atoms with Crippen LogP contribution in [0, 0.1) is 5.92 Å². The number of amides is 2. The first kappa shape index (κ1) is 18.3. The molecule has 134 valence electrons. The number of alkyl halides is 3. The number of rotatable bonds is 4. The van der Waals surface area contributed by atoms with Crippen LogP contribution in [-0.4, -0.2) is 57.5 Å². The van der Waals surface area contributed by atoms with Crippen molar-refractivity contribution >= 4 is 11.8 Å². The van der Waals surface area contributed by atoms with Gasteiger partial charge >= 0.3 is 6.18 Å². The van der Waals surface area contributed by atoms with Crippen LogP contribution in [0.5, 0.6) is 0 Å². The van der Waals surface area contributed by atoms with Gasteiger partial charge in [-0.25, -0.2) is 4.98 Å². The first-order valence-electron chi connectivity index (χ1n) is 7.74. The molecule has 1 aromatic heterocycles. The molecule has 0 aromatic carbocycles. The van der Waals surface area contributed by atoms with Crippen molar-refractivity contribution in [3.8, 4) is 0 Å². The van der Waals surface area contributed by atoms with Crippen LogP contribution in [0.15, 0.2) is 12.4 Å². The van der Waals surface area contributed by atoms with Gasteiger partial charge in [-0.2, -0.15) is 13.2 Å². The van der Waals surface area contributed by atoms with Crippen LogP contribution in [-0.2, 0) is 22.7 Å². The zero-order valence-corrected chi connectivity index (χ0v) is 13.7. The summed E-state index contributed by atoms with van der Waals surface area (Å²) in [5.41, 5.74) is 0. The molecule has 2 amide bonds. The van der Waals surface area contributed by atoms with Gasteiger partial charge < -0.3 is 14.4 Å². The first-order chi connectivity index (χ1) is 11.2. The number of hydrogen-bond acceptors (Lipinski definition) is 3. The third-order valence-corrected chi connectivity index (χ3v) is 4.12. The summed E-state index contributed by atoms with van der Waals surface area (Å²) < 4.78 is 38.6. The lowest BCUT2D eigenvalue weighted by Crippen LogP contribution is -2.45. The van der Waals surface area contributed by atoms with Crippen LogP contribution in [0.3, 0.4) is 0 Å². The molecule has 1 aliphatic rings. The van der Waals surface area contributed by atoms with Crippen LogP contribution in [0.1, 0.15) is 25.6 Å². The fraction of sp³-hybridized carbons (Fsp3) is 0.667. The number of aromatic nitrogens is 2. The van der Waals surface area contributed by atoms with Crippen molar-refractivity contribution in [1.82, 2.24) is 19.4 Å². The van der Waals surface area contributed by atoms with Crippen LogP contribution >= 0.6 is 0 Å². The summed E-state index contributed by atoms with van der Waals surface area (Å²) in [4.78, 5) is 30.9. The van der Waals surface area contributed by atoms with E-state index in [4.69, 9.17) is 0 Å². The first-order valence-corrected chi connectivity index (χ1v) is 7.74. The van der Waals surface area contributed by atoms with E-state index in [-0.39, 0.29) is 30.1 Å². The molecule has 0 N–H and O–H groups in total. The van der Waals surface area contributed by atoms with Gasteiger partial charge in [-0.05, 0) is 12.8 Å². The molecule has 24 heavy (non-hydrogen) atoms. The zero-order chi connectivity index (χ0) is 17.9. The summed E-state index contributed by atoms with van der Waals surface area (Å²) in [5.74, 6) is -0.389. The van der Waals surface area contributed by atoms with Crippen LogP contribution in [0.2, 0.25) is 0 Å². The molecule has 1 saturated heterocycles. The third-order valence-electron chi connectivity index (χ3n) is 4.12. The quantitative estimate of drug-likeness (QED) is 0.833. The second-order valence-corrected chi connectivity index (χ2v) is 6.09. The highest BCUT2D eigenvalue weighted by Crippen LogP contribution is 2.21. The van der Waals surface area contributed by atoms with Gasteiger partial charge in [0.15, 0.2) is 0 Å². The predicted molar refractivity (Wildman–Crippen MR) is 79.7 cm³/mol. The Labute approximate surface area is 138 Å². The number of imidazole rings is 1. The standard InChI is InChI=1S/C15H21F3N4O2/c1-11(23)21-6-3-4-12(8-21)14(24)20(2)9-13-19-5-7-22(13)10-15(16,17)18/h5,7,12H,3-4,6,8-10H2,1-2H3. The average molecular weight is 346 g/mol. The van der Waals surface area contributed by atoms with Gasteiger partial charge in [-0.1, -0.05) is 0 Å². The lowest BCUT2D eigenvalue weighted by Gasteiger charge is -2.33. The minimum atomic E-state index is -4.34. The molecule has 2 rings (SSSR count). The second kappa shape index (κ2) is 7.23. The Morgan fingerprint density at radius 2 is 2.12 bits per heavy atom. The number of carbonyl (C=O) groups is 2. The topological polar surface area (TPSA) is 58.4 Å². The normalized spacial score (nSPS) is 18.5. The minimum absolute atomic E-state index is 0.00150. The van der Waals surface area contributed by atoms with Crippen LogP contribution < -0.4 is 0 Å². The number of likely N-dealkylation sites (tertiary alicyclic amines) is 1. The average Bonchev–Trinajstić information content (AvgIpc) is 2.91. The van der Waals surface area contributed by atoms with E-state index in [0.717, 1.165) is 11.0 Å². The fourth-order valence-corrected chi connectivity index (χ4v) is 2.90. The smallest absolute Gasteiger partial charge is 0.342 e. The van der Waals surface area contributed by atoms with Gasteiger partial charge in [0.1, 0.15) is 12.4 Å². The number of carbonyl (C=O) groups excluding carboxylic acids is 2. The van der Waals surface area contributed by atoms with Crippen LogP contribution in [0.4, 0.5) is 13.2 Å². The Hall–Kier alpha value is -2.06. The zero-order valence-electron chi connectivity index (χ0n) is 13.7. The lowest BCUT2D eigenvalue weighted by molar-refractivity contribution is -0.141. The molecule has 0 radical (unpaired) electrons. The molecular weight excluding hydrogens is 325 g/mol. The van der Waals surface area contributed by atoms with Crippen molar-refractivity contribution in [2.75, 3.05) is 20.1 Å². The molecule has 1 fully saturated rings. The van der Waals surface area contributed by atoms with E-state index < -0.39 is 12.7 Å². The van der Waals surface area contributed by atoms with Gasteiger partial charge in [-0.15, -0.1) is 0 Å². The van der Waals surface area contributed by atoms with Gasteiger partial charge in [0, 0.05) is 39.5 Å². The van der Waals surface area contributed by atoms with Gasteiger partial charge in [0.2, 0.25) is 11.8 Å². The molecular formula is C15H21F3N4O2. The molecule has 1 unspecified atom stereocenters. The number of piperidine rings is 1. The SMILES string of the molecule is CC(=O)N1CCCC(C(=O)N(C)Cc2nccn2CC(F)(F)F)C1. The molecule has 0 saturated carbocycles. The summed E-state index contributed by atoms with van der Waals surface area (Å²) in [6.07, 6.45) is -0.392. The third kappa shape index (κ3) is 4.72. The van der Waals surface area contributed by atoms with E-state index in [1.165, 1.54) is 24.2 Å². The predicted octanol–water partition coefficient (Wildman–Crippen LogP) is 1.66. The summed E-state index contributed by atoms with van der Waals surface area (Å²) >= 11 is 0.